The van der Waals surface area contributed by atoms with Crippen LogP contribution in [0.3, 0.4) is 0 Å². The van der Waals surface area contributed by atoms with Crippen LogP contribution in [0.4, 0.5) is 4.39 Å². The number of rotatable bonds is 2. The summed E-state index contributed by atoms with van der Waals surface area (Å²) in [6, 6.07) is 6.71. The lowest BCUT2D eigenvalue weighted by atomic mass is 9.75. The average Bonchev–Trinajstić information content (AvgIpc) is 3.18. The fourth-order valence-corrected chi connectivity index (χ4v) is 3.75. The van der Waals surface area contributed by atoms with Gasteiger partial charge in [-0.1, -0.05) is 12.1 Å². The van der Waals surface area contributed by atoms with Gasteiger partial charge in [0.1, 0.15) is 11.4 Å². The monoisotopic (exact) mass is 274 g/mol. The Kier molecular flexibility index (Phi) is 2.68. The van der Waals surface area contributed by atoms with Gasteiger partial charge in [0.15, 0.2) is 11.4 Å². The van der Waals surface area contributed by atoms with Crippen LogP contribution < -0.4 is 0 Å². The molecule has 1 aromatic carbocycles. The van der Waals surface area contributed by atoms with Gasteiger partial charge < -0.3 is 9.52 Å². The minimum absolute atomic E-state index is 0.268. The Morgan fingerprint density at radius 3 is 2.80 bits per heavy atom. The zero-order valence-electron chi connectivity index (χ0n) is 11.4. The molecule has 2 aliphatic carbocycles. The Morgan fingerprint density at radius 2 is 2.05 bits per heavy atom. The van der Waals surface area contributed by atoms with Crippen molar-refractivity contribution >= 4 is 11.0 Å². The number of halogens is 1. The summed E-state index contributed by atoms with van der Waals surface area (Å²) in [5.41, 5.74) is -0.638. The number of furan rings is 1. The third-order valence-electron chi connectivity index (χ3n) is 5.01. The molecule has 3 heteroatoms. The smallest absolute Gasteiger partial charge is 0.170 e. The van der Waals surface area contributed by atoms with Crippen LogP contribution in [0.1, 0.15) is 44.3 Å². The quantitative estimate of drug-likeness (QED) is 0.882. The number of hydrogen-bond donors (Lipinski definition) is 1. The van der Waals surface area contributed by atoms with E-state index in [1.54, 1.807) is 6.07 Å². The first kappa shape index (κ1) is 12.4. The van der Waals surface area contributed by atoms with E-state index in [2.05, 4.69) is 0 Å². The lowest BCUT2D eigenvalue weighted by molar-refractivity contribution is -0.0411. The third kappa shape index (κ3) is 1.96. The zero-order valence-corrected chi connectivity index (χ0v) is 11.4. The first-order valence-corrected chi connectivity index (χ1v) is 7.57. The molecule has 0 amide bonds. The summed E-state index contributed by atoms with van der Waals surface area (Å²) < 4.78 is 19.4. The second-order valence-corrected chi connectivity index (χ2v) is 6.49. The van der Waals surface area contributed by atoms with Crippen LogP contribution in [0.15, 0.2) is 28.7 Å². The molecular weight excluding hydrogens is 255 g/mol. The van der Waals surface area contributed by atoms with E-state index < -0.39 is 5.60 Å². The summed E-state index contributed by atoms with van der Waals surface area (Å²) in [5, 5.41) is 11.7. The molecule has 2 unspecified atom stereocenters. The van der Waals surface area contributed by atoms with Gasteiger partial charge in [-0.25, -0.2) is 4.39 Å². The highest BCUT2D eigenvalue weighted by Crippen LogP contribution is 2.50. The van der Waals surface area contributed by atoms with Crippen molar-refractivity contribution < 1.29 is 13.9 Å². The molecule has 0 bridgehead atoms. The number of hydrogen-bond acceptors (Lipinski definition) is 2. The van der Waals surface area contributed by atoms with Gasteiger partial charge >= 0.3 is 0 Å². The molecule has 0 spiro atoms. The topological polar surface area (TPSA) is 33.4 Å². The molecule has 2 saturated carbocycles. The fraction of sp³-hybridized carbons (Fsp3) is 0.529. The Balaban J connectivity index is 1.71. The molecule has 2 aromatic rings. The Labute approximate surface area is 117 Å². The van der Waals surface area contributed by atoms with Crippen LogP contribution in [-0.4, -0.2) is 5.11 Å². The summed E-state index contributed by atoms with van der Waals surface area (Å²) in [4.78, 5) is 0. The highest BCUT2D eigenvalue weighted by Gasteiger charge is 2.43. The van der Waals surface area contributed by atoms with Crippen LogP contribution in [0.5, 0.6) is 0 Å². The normalized spacial score (nSPS) is 30.8. The summed E-state index contributed by atoms with van der Waals surface area (Å²) in [5.74, 6) is 1.59. The summed E-state index contributed by atoms with van der Waals surface area (Å²) >= 11 is 0. The first-order chi connectivity index (χ1) is 9.66. The van der Waals surface area contributed by atoms with E-state index in [9.17, 15) is 9.50 Å². The average molecular weight is 274 g/mol. The van der Waals surface area contributed by atoms with Gasteiger partial charge in [0, 0.05) is 5.39 Å². The number of aliphatic hydroxyl groups is 1. The van der Waals surface area contributed by atoms with Crippen LogP contribution in [-0.2, 0) is 5.60 Å². The predicted octanol–water partition coefficient (Wildman–Crippen LogP) is 4.36. The molecular formula is C17H19FO2. The standard InChI is InChI=1S/C17H19FO2/c18-14-5-1-3-12-9-15(20-16(12)14)17(19)8-2-4-13(10-17)11-6-7-11/h1,3,5,9,11,13,19H,2,4,6-8,10H2. The predicted molar refractivity (Wildman–Crippen MR) is 74.8 cm³/mol. The van der Waals surface area contributed by atoms with E-state index in [0.29, 0.717) is 11.7 Å². The van der Waals surface area contributed by atoms with Crippen LogP contribution in [0, 0.1) is 17.7 Å². The molecule has 2 atom stereocenters. The first-order valence-electron chi connectivity index (χ1n) is 7.57. The Morgan fingerprint density at radius 1 is 1.20 bits per heavy atom. The van der Waals surface area contributed by atoms with Crippen LogP contribution in [0.25, 0.3) is 11.0 Å². The molecule has 2 aliphatic rings. The maximum absolute atomic E-state index is 13.7. The molecule has 2 fully saturated rings. The third-order valence-corrected chi connectivity index (χ3v) is 5.01. The maximum Gasteiger partial charge on any atom is 0.170 e. The van der Waals surface area contributed by atoms with Gasteiger partial charge in [-0.05, 0) is 62.5 Å². The number of para-hydroxylation sites is 1. The molecule has 4 rings (SSSR count). The van der Waals surface area contributed by atoms with E-state index >= 15 is 0 Å². The molecule has 0 aliphatic heterocycles. The molecule has 1 N–H and O–H groups in total. The SMILES string of the molecule is OC1(c2cc3cccc(F)c3o2)CCCC(C2CC2)C1. The van der Waals surface area contributed by atoms with Gasteiger partial charge in [-0.15, -0.1) is 0 Å². The minimum Gasteiger partial charge on any atom is -0.455 e. The fourth-order valence-electron chi connectivity index (χ4n) is 3.75. The highest BCUT2D eigenvalue weighted by molar-refractivity contribution is 5.78. The van der Waals surface area contributed by atoms with Crippen molar-refractivity contribution in [3.05, 3.63) is 35.8 Å². The van der Waals surface area contributed by atoms with Gasteiger partial charge in [0.25, 0.3) is 0 Å². The molecule has 1 heterocycles. The largest absolute Gasteiger partial charge is 0.455 e. The summed E-state index contributed by atoms with van der Waals surface area (Å²) in [6.45, 7) is 0. The number of benzene rings is 1. The van der Waals surface area contributed by atoms with Crippen molar-refractivity contribution in [2.24, 2.45) is 11.8 Å². The second kappa shape index (κ2) is 4.32. The van der Waals surface area contributed by atoms with E-state index in [-0.39, 0.29) is 11.4 Å². The van der Waals surface area contributed by atoms with E-state index in [1.165, 1.54) is 25.3 Å². The van der Waals surface area contributed by atoms with E-state index in [0.717, 1.165) is 30.6 Å². The van der Waals surface area contributed by atoms with Crippen molar-refractivity contribution in [3.8, 4) is 0 Å². The van der Waals surface area contributed by atoms with Crippen molar-refractivity contribution in [2.75, 3.05) is 0 Å². The van der Waals surface area contributed by atoms with Crippen molar-refractivity contribution in [1.82, 2.24) is 0 Å². The lowest BCUT2D eigenvalue weighted by Crippen LogP contribution is -2.33. The lowest BCUT2D eigenvalue weighted by Gasteiger charge is -2.35. The molecule has 0 saturated heterocycles. The van der Waals surface area contributed by atoms with Crippen molar-refractivity contribution in [1.29, 1.82) is 0 Å². The zero-order chi connectivity index (χ0) is 13.7. The van der Waals surface area contributed by atoms with Gasteiger partial charge in [0.2, 0.25) is 0 Å². The molecule has 2 nitrogen and oxygen atoms in total. The maximum atomic E-state index is 13.7. The van der Waals surface area contributed by atoms with Gasteiger partial charge in [-0.3, -0.25) is 0 Å². The Bertz CT molecular complexity index is 643. The van der Waals surface area contributed by atoms with Gasteiger partial charge in [-0.2, -0.15) is 0 Å². The van der Waals surface area contributed by atoms with Crippen molar-refractivity contribution in [3.63, 3.8) is 0 Å². The molecule has 106 valence electrons. The minimum atomic E-state index is -0.906. The van der Waals surface area contributed by atoms with Crippen LogP contribution >= 0.6 is 0 Å². The second-order valence-electron chi connectivity index (χ2n) is 6.49. The van der Waals surface area contributed by atoms with E-state index in [4.69, 9.17) is 4.42 Å². The van der Waals surface area contributed by atoms with Gasteiger partial charge in [0.05, 0.1) is 0 Å². The van der Waals surface area contributed by atoms with E-state index in [1.807, 2.05) is 12.1 Å². The summed E-state index contributed by atoms with van der Waals surface area (Å²) in [6.07, 6.45) is 6.32. The molecule has 20 heavy (non-hydrogen) atoms. The van der Waals surface area contributed by atoms with Crippen molar-refractivity contribution in [2.45, 2.75) is 44.1 Å². The number of fused-ring (bicyclic) bond motifs is 1. The van der Waals surface area contributed by atoms with Crippen LogP contribution in [0.2, 0.25) is 0 Å². The summed E-state index contributed by atoms with van der Waals surface area (Å²) in [7, 11) is 0. The molecule has 1 aromatic heterocycles. The molecule has 0 radical (unpaired) electrons. The Hall–Kier alpha value is -1.35. The highest BCUT2D eigenvalue weighted by atomic mass is 19.1.